The number of anilines is 4. The number of ether oxygens (including phenoxy) is 4. The highest BCUT2D eigenvalue weighted by atomic mass is 16.6. The van der Waals surface area contributed by atoms with Crippen LogP contribution in [0.15, 0.2) is 84.9 Å². The lowest BCUT2D eigenvalue weighted by atomic mass is 9.81. The molecule has 0 aliphatic heterocycles. The molecular formula is C36H32N4O10. The standard InChI is InChI=1S/C36H32N4O10/c1-3-47-27(41)19-49-25-17-15-23(39-35(45)37-21-11-7-5-8-12-21)29-31(25)34(44)32-26(50-20-28(42)48-4-2)18-16-24(30(32)33(29)43)40-36(46)38-22-13-9-6-10-14-22/h5-18H,3-4,19-20H2,1-2H3,(H2,37,39,45)(H2,38,40,46). The molecular weight excluding hydrogens is 648 g/mol. The molecule has 50 heavy (non-hydrogen) atoms. The lowest BCUT2D eigenvalue weighted by Crippen LogP contribution is -2.29. The van der Waals surface area contributed by atoms with Crippen molar-refractivity contribution in [3.05, 3.63) is 107 Å². The Kier molecular flexibility index (Phi) is 11.0. The Balaban J connectivity index is 1.60. The maximum atomic E-state index is 14.6. The van der Waals surface area contributed by atoms with Crippen LogP contribution < -0.4 is 30.7 Å². The molecule has 0 atom stereocenters. The molecule has 0 spiro atoms. The minimum Gasteiger partial charge on any atom is -0.481 e. The van der Waals surface area contributed by atoms with E-state index in [1.54, 1.807) is 74.5 Å². The maximum Gasteiger partial charge on any atom is 0.344 e. The Bertz CT molecular complexity index is 1810. The van der Waals surface area contributed by atoms with Crippen LogP contribution in [0.3, 0.4) is 0 Å². The van der Waals surface area contributed by atoms with Gasteiger partial charge < -0.3 is 40.2 Å². The quantitative estimate of drug-likeness (QED) is 0.120. The Morgan fingerprint density at radius 1 is 0.500 bits per heavy atom. The number of carbonyl (C=O) groups excluding carboxylic acids is 6. The highest BCUT2D eigenvalue weighted by molar-refractivity contribution is 6.34. The van der Waals surface area contributed by atoms with Gasteiger partial charge in [-0.05, 0) is 62.4 Å². The van der Waals surface area contributed by atoms with Crippen molar-refractivity contribution in [2.45, 2.75) is 13.8 Å². The molecule has 0 saturated heterocycles. The summed E-state index contributed by atoms with van der Waals surface area (Å²) in [6.45, 7) is 2.21. The number of nitrogens with one attached hydrogen (secondary N) is 4. The first-order valence-corrected chi connectivity index (χ1v) is 15.5. The molecule has 14 nitrogen and oxygen atoms in total. The number of benzene rings is 4. The molecule has 0 saturated carbocycles. The van der Waals surface area contributed by atoms with Crippen molar-refractivity contribution < 1.29 is 47.7 Å². The molecule has 0 fully saturated rings. The first-order valence-electron chi connectivity index (χ1n) is 15.5. The van der Waals surface area contributed by atoms with Gasteiger partial charge in [0.1, 0.15) is 11.5 Å². The zero-order valence-corrected chi connectivity index (χ0v) is 27.0. The van der Waals surface area contributed by atoms with Gasteiger partial charge >= 0.3 is 24.0 Å². The van der Waals surface area contributed by atoms with Gasteiger partial charge in [0.2, 0.25) is 5.78 Å². The van der Waals surface area contributed by atoms with Crippen LogP contribution in [0.25, 0.3) is 0 Å². The number of esters is 2. The summed E-state index contributed by atoms with van der Waals surface area (Å²) in [5.41, 5.74) is -0.368. The summed E-state index contributed by atoms with van der Waals surface area (Å²) in [6.07, 6.45) is 0. The maximum absolute atomic E-state index is 14.6. The molecule has 0 radical (unpaired) electrons. The molecule has 1 aliphatic rings. The van der Waals surface area contributed by atoms with Gasteiger partial charge in [-0.3, -0.25) is 9.59 Å². The smallest absolute Gasteiger partial charge is 0.344 e. The van der Waals surface area contributed by atoms with Crippen molar-refractivity contribution in [3.8, 4) is 11.5 Å². The molecule has 0 unspecified atom stereocenters. The summed E-state index contributed by atoms with van der Waals surface area (Å²) >= 11 is 0. The largest absolute Gasteiger partial charge is 0.481 e. The topological polar surface area (TPSA) is 187 Å². The van der Waals surface area contributed by atoms with Gasteiger partial charge in [-0.1, -0.05) is 36.4 Å². The van der Waals surface area contributed by atoms with Crippen molar-refractivity contribution in [1.29, 1.82) is 0 Å². The number of rotatable bonds is 12. The molecule has 256 valence electrons. The van der Waals surface area contributed by atoms with Gasteiger partial charge in [-0.2, -0.15) is 0 Å². The van der Waals surface area contributed by atoms with E-state index < -0.39 is 48.8 Å². The molecule has 5 rings (SSSR count). The third-order valence-corrected chi connectivity index (χ3v) is 7.10. The highest BCUT2D eigenvalue weighted by Gasteiger charge is 2.39. The summed E-state index contributed by atoms with van der Waals surface area (Å²) in [5, 5.41) is 10.5. The Hall–Kier alpha value is -6.70. The molecule has 4 N–H and O–H groups in total. The monoisotopic (exact) mass is 680 g/mol. The van der Waals surface area contributed by atoms with Crippen LogP contribution in [0.4, 0.5) is 32.3 Å². The summed E-state index contributed by atoms with van der Waals surface area (Å²) < 4.78 is 21.2. The first kappa shape index (κ1) is 34.6. The summed E-state index contributed by atoms with van der Waals surface area (Å²) in [7, 11) is 0. The average molecular weight is 681 g/mol. The molecule has 0 bridgehead atoms. The number of hydrogen-bond acceptors (Lipinski definition) is 10. The summed E-state index contributed by atoms with van der Waals surface area (Å²) in [5.74, 6) is -3.40. The van der Waals surface area contributed by atoms with Gasteiger partial charge in [-0.25, -0.2) is 19.2 Å². The first-order chi connectivity index (χ1) is 24.2. The number of amides is 4. The van der Waals surface area contributed by atoms with E-state index in [4.69, 9.17) is 18.9 Å². The van der Waals surface area contributed by atoms with Crippen LogP contribution in [0, 0.1) is 0 Å². The van der Waals surface area contributed by atoms with Gasteiger partial charge in [0, 0.05) is 11.4 Å². The van der Waals surface area contributed by atoms with Crippen molar-refractivity contribution in [1.82, 2.24) is 0 Å². The van der Waals surface area contributed by atoms with Crippen molar-refractivity contribution in [3.63, 3.8) is 0 Å². The number of ketones is 2. The lowest BCUT2D eigenvalue weighted by Gasteiger charge is -2.26. The highest BCUT2D eigenvalue weighted by Crippen LogP contribution is 2.43. The molecule has 14 heteroatoms. The Morgan fingerprint density at radius 2 is 0.880 bits per heavy atom. The second kappa shape index (κ2) is 15.9. The molecule has 1 aliphatic carbocycles. The second-order valence-corrected chi connectivity index (χ2v) is 10.5. The van der Waals surface area contributed by atoms with Crippen molar-refractivity contribution >= 4 is 58.3 Å². The van der Waals surface area contributed by atoms with E-state index in [2.05, 4.69) is 21.3 Å². The second-order valence-electron chi connectivity index (χ2n) is 10.5. The lowest BCUT2D eigenvalue weighted by molar-refractivity contribution is -0.146. The fourth-order valence-electron chi connectivity index (χ4n) is 5.08. The third-order valence-electron chi connectivity index (χ3n) is 7.10. The fraction of sp³-hybridized carbons (Fsp3) is 0.167. The van der Waals surface area contributed by atoms with E-state index in [-0.39, 0.29) is 58.3 Å². The van der Waals surface area contributed by atoms with E-state index in [1.807, 2.05) is 0 Å². The molecule has 0 aromatic heterocycles. The Morgan fingerprint density at radius 3 is 1.26 bits per heavy atom. The predicted octanol–water partition coefficient (Wildman–Crippen LogP) is 5.63. The third kappa shape index (κ3) is 8.05. The summed E-state index contributed by atoms with van der Waals surface area (Å²) in [4.78, 5) is 79.6. The predicted molar refractivity (Wildman–Crippen MR) is 182 cm³/mol. The van der Waals surface area contributed by atoms with E-state index in [1.165, 1.54) is 24.3 Å². The van der Waals surface area contributed by atoms with Gasteiger partial charge in [0.25, 0.3) is 0 Å². The van der Waals surface area contributed by atoms with E-state index >= 15 is 0 Å². The van der Waals surface area contributed by atoms with Gasteiger partial charge in [0.15, 0.2) is 19.0 Å². The number of urea groups is 2. The number of fused-ring (bicyclic) bond motifs is 2. The molecule has 0 heterocycles. The van der Waals surface area contributed by atoms with Gasteiger partial charge in [0.05, 0.1) is 46.8 Å². The van der Waals surface area contributed by atoms with Crippen molar-refractivity contribution in [2.75, 3.05) is 47.7 Å². The van der Waals surface area contributed by atoms with E-state index in [0.717, 1.165) is 0 Å². The fourth-order valence-corrected chi connectivity index (χ4v) is 5.08. The van der Waals surface area contributed by atoms with Crippen LogP contribution in [0.5, 0.6) is 11.5 Å². The van der Waals surface area contributed by atoms with Crippen molar-refractivity contribution in [2.24, 2.45) is 0 Å². The zero-order chi connectivity index (χ0) is 35.6. The average Bonchev–Trinajstić information content (AvgIpc) is 3.10. The zero-order valence-electron chi connectivity index (χ0n) is 27.0. The minimum atomic E-state index is -0.813. The molecule has 4 aromatic rings. The van der Waals surface area contributed by atoms with Crippen LogP contribution in [0.1, 0.15) is 45.7 Å². The van der Waals surface area contributed by atoms with Crippen LogP contribution in [-0.4, -0.2) is 62.0 Å². The SMILES string of the molecule is CCOC(=O)COc1ccc(NC(=O)Nc2ccccc2)c2c1C(=O)c1c(OCC(=O)OCC)ccc(NC(=O)Nc3ccccc3)c1C2=O. The van der Waals surface area contributed by atoms with E-state index in [0.29, 0.717) is 11.4 Å². The number of carbonyl (C=O) groups is 6. The normalized spacial score (nSPS) is 11.3. The summed E-state index contributed by atoms with van der Waals surface area (Å²) in [6, 6.07) is 20.9. The Labute approximate surface area is 286 Å². The van der Waals surface area contributed by atoms with Crippen LogP contribution >= 0.6 is 0 Å². The minimum absolute atomic E-state index is 0.0709. The van der Waals surface area contributed by atoms with Crippen LogP contribution in [0.2, 0.25) is 0 Å². The molecule has 4 aromatic carbocycles. The van der Waals surface area contributed by atoms with Crippen LogP contribution in [-0.2, 0) is 19.1 Å². The van der Waals surface area contributed by atoms with E-state index in [9.17, 15) is 28.8 Å². The van der Waals surface area contributed by atoms with Gasteiger partial charge in [-0.15, -0.1) is 0 Å². The number of hydrogen-bond donors (Lipinski definition) is 4. The molecule has 4 amide bonds. The number of para-hydroxylation sites is 2.